The van der Waals surface area contributed by atoms with Crippen molar-refractivity contribution in [3.63, 3.8) is 0 Å². The second kappa shape index (κ2) is 8.95. The Kier molecular flexibility index (Phi) is 7.21. The van der Waals surface area contributed by atoms with Gasteiger partial charge in [0.15, 0.2) is 15.8 Å². The number of aromatic nitrogens is 1. The molecule has 2 heterocycles. The highest BCUT2D eigenvalue weighted by Gasteiger charge is 2.42. The van der Waals surface area contributed by atoms with Crippen molar-refractivity contribution in [2.75, 3.05) is 39.1 Å². The Morgan fingerprint density at radius 2 is 2.12 bits per heavy atom. The summed E-state index contributed by atoms with van der Waals surface area (Å²) >= 11 is 1.69. The first kappa shape index (κ1) is 20.1. The fourth-order valence-corrected chi connectivity index (χ4v) is 4.75. The molecule has 1 aliphatic rings. The summed E-state index contributed by atoms with van der Waals surface area (Å²) in [5, 5.41) is 7.53. The number of ether oxygens (including phenoxy) is 1. The van der Waals surface area contributed by atoms with E-state index < -0.39 is 14.6 Å². The quantitative estimate of drug-likeness (QED) is 0.538. The molecule has 2 N–H and O–H groups in total. The molecule has 1 fully saturated rings. The molecule has 0 atom stereocenters. The van der Waals surface area contributed by atoms with E-state index in [1.54, 1.807) is 11.3 Å². The number of hydrogen-bond acceptors (Lipinski definition) is 6. The smallest absolute Gasteiger partial charge is 0.191 e. The van der Waals surface area contributed by atoms with Crippen molar-refractivity contribution in [2.24, 2.45) is 4.99 Å². The summed E-state index contributed by atoms with van der Waals surface area (Å²) in [6.45, 7) is 6.64. The molecule has 1 saturated heterocycles. The Hall–Kier alpha value is -1.19. The average molecular weight is 389 g/mol. The van der Waals surface area contributed by atoms with Crippen LogP contribution in [0.2, 0.25) is 0 Å². The number of hydrogen-bond donors (Lipinski definition) is 2. The predicted octanol–water partition coefficient (Wildman–Crippen LogP) is 1.14. The first-order valence-corrected chi connectivity index (χ1v) is 11.3. The highest BCUT2D eigenvalue weighted by atomic mass is 32.2. The van der Waals surface area contributed by atoms with Crippen molar-refractivity contribution >= 4 is 27.1 Å². The monoisotopic (exact) mass is 388 g/mol. The van der Waals surface area contributed by atoms with Gasteiger partial charge in [-0.25, -0.2) is 13.4 Å². The lowest BCUT2D eigenvalue weighted by Crippen LogP contribution is -2.47. The molecule has 1 aromatic rings. The lowest BCUT2D eigenvalue weighted by molar-refractivity contribution is 0.0768. The van der Waals surface area contributed by atoms with Crippen LogP contribution < -0.4 is 10.6 Å². The third kappa shape index (κ3) is 5.65. The number of aliphatic imine (C=N–C) groups is 1. The van der Waals surface area contributed by atoms with Gasteiger partial charge in [0.2, 0.25) is 0 Å². The van der Waals surface area contributed by atoms with E-state index in [9.17, 15) is 8.42 Å². The van der Waals surface area contributed by atoms with Gasteiger partial charge in [0.25, 0.3) is 0 Å². The standard InChI is InChI=1S/C16H28N4O3S2/c1-4-17-15(18-8-5-14-19-11-13(2)24-14)20-12-16(25(3,21)22)6-9-23-10-7-16/h11H,4-10,12H2,1-3H3,(H2,17,18,20). The van der Waals surface area contributed by atoms with Crippen LogP contribution in [0.25, 0.3) is 0 Å². The third-order valence-electron chi connectivity index (χ3n) is 4.36. The predicted molar refractivity (Wildman–Crippen MR) is 102 cm³/mol. The molecule has 0 bridgehead atoms. The topological polar surface area (TPSA) is 92.7 Å². The van der Waals surface area contributed by atoms with Crippen molar-refractivity contribution in [3.8, 4) is 0 Å². The summed E-state index contributed by atoms with van der Waals surface area (Å²) < 4.78 is 29.1. The van der Waals surface area contributed by atoms with Crippen molar-refractivity contribution in [3.05, 3.63) is 16.1 Å². The molecule has 25 heavy (non-hydrogen) atoms. The maximum Gasteiger partial charge on any atom is 0.191 e. The summed E-state index contributed by atoms with van der Waals surface area (Å²) in [7, 11) is -3.21. The third-order valence-corrected chi connectivity index (χ3v) is 7.44. The van der Waals surface area contributed by atoms with Crippen LogP contribution in [-0.4, -0.2) is 63.2 Å². The highest BCUT2D eigenvalue weighted by molar-refractivity contribution is 7.92. The average Bonchev–Trinajstić information content (AvgIpc) is 2.98. The summed E-state index contributed by atoms with van der Waals surface area (Å²) in [5.74, 6) is 0.644. The van der Waals surface area contributed by atoms with Gasteiger partial charge in [0, 0.05) is 50.1 Å². The summed E-state index contributed by atoms with van der Waals surface area (Å²) in [6.07, 6.45) is 4.98. The number of thiazole rings is 1. The highest BCUT2D eigenvalue weighted by Crippen LogP contribution is 2.29. The number of rotatable bonds is 7. The first-order chi connectivity index (χ1) is 11.9. The van der Waals surface area contributed by atoms with Crippen LogP contribution in [-0.2, 0) is 21.0 Å². The van der Waals surface area contributed by atoms with Crippen LogP contribution in [0.15, 0.2) is 11.2 Å². The zero-order chi connectivity index (χ0) is 18.3. The van der Waals surface area contributed by atoms with Crippen molar-refractivity contribution < 1.29 is 13.2 Å². The first-order valence-electron chi connectivity index (χ1n) is 8.57. The molecule has 0 spiro atoms. The van der Waals surface area contributed by atoms with Gasteiger partial charge >= 0.3 is 0 Å². The molecule has 7 nitrogen and oxygen atoms in total. The van der Waals surface area contributed by atoms with Gasteiger partial charge in [-0.3, -0.25) is 4.99 Å². The lowest BCUT2D eigenvalue weighted by Gasteiger charge is -2.34. The van der Waals surface area contributed by atoms with Crippen LogP contribution in [0.5, 0.6) is 0 Å². The van der Waals surface area contributed by atoms with Crippen LogP contribution in [0.4, 0.5) is 0 Å². The number of aryl methyl sites for hydroxylation is 1. The second-order valence-electron chi connectivity index (χ2n) is 6.30. The minimum atomic E-state index is -3.21. The minimum Gasteiger partial charge on any atom is -0.381 e. The number of sulfone groups is 1. The Morgan fingerprint density at radius 3 is 2.68 bits per heavy atom. The molecule has 1 aromatic heterocycles. The fraction of sp³-hybridized carbons (Fsp3) is 0.750. The largest absolute Gasteiger partial charge is 0.381 e. The molecule has 0 unspecified atom stereocenters. The van der Waals surface area contributed by atoms with E-state index in [-0.39, 0.29) is 6.54 Å². The Bertz CT molecular complexity index is 679. The summed E-state index contributed by atoms with van der Waals surface area (Å²) in [6, 6.07) is 0. The van der Waals surface area contributed by atoms with E-state index >= 15 is 0 Å². The van der Waals surface area contributed by atoms with Gasteiger partial charge in [-0.2, -0.15) is 0 Å². The van der Waals surface area contributed by atoms with Crippen LogP contribution in [0, 0.1) is 6.92 Å². The van der Waals surface area contributed by atoms with E-state index in [2.05, 4.69) is 20.6 Å². The Balaban J connectivity index is 1.99. The fourth-order valence-electron chi connectivity index (χ4n) is 2.76. The molecule has 0 saturated carbocycles. The van der Waals surface area contributed by atoms with Gasteiger partial charge in [0.05, 0.1) is 16.3 Å². The van der Waals surface area contributed by atoms with E-state index in [4.69, 9.17) is 4.74 Å². The van der Waals surface area contributed by atoms with Crippen LogP contribution in [0.1, 0.15) is 29.7 Å². The molecule has 0 aromatic carbocycles. The van der Waals surface area contributed by atoms with E-state index in [1.807, 2.05) is 20.0 Å². The molecule has 0 amide bonds. The maximum absolute atomic E-state index is 12.3. The van der Waals surface area contributed by atoms with E-state index in [0.29, 0.717) is 38.6 Å². The molecule has 0 radical (unpaired) electrons. The Labute approximate surface area is 154 Å². The van der Waals surface area contributed by atoms with Crippen molar-refractivity contribution in [1.29, 1.82) is 0 Å². The van der Waals surface area contributed by atoms with Gasteiger partial charge < -0.3 is 15.4 Å². The van der Waals surface area contributed by atoms with Gasteiger partial charge in [-0.05, 0) is 26.7 Å². The van der Waals surface area contributed by atoms with Crippen LogP contribution >= 0.6 is 11.3 Å². The van der Waals surface area contributed by atoms with Crippen molar-refractivity contribution in [1.82, 2.24) is 15.6 Å². The molecule has 2 rings (SSSR count). The zero-order valence-corrected chi connectivity index (χ0v) is 16.8. The van der Waals surface area contributed by atoms with E-state index in [0.717, 1.165) is 18.0 Å². The second-order valence-corrected chi connectivity index (χ2v) is 10.0. The van der Waals surface area contributed by atoms with Crippen LogP contribution in [0.3, 0.4) is 0 Å². The number of nitrogens with one attached hydrogen (secondary N) is 2. The minimum absolute atomic E-state index is 0.251. The molecule has 0 aliphatic carbocycles. The molecule has 1 aliphatic heterocycles. The van der Waals surface area contributed by atoms with Gasteiger partial charge in [-0.15, -0.1) is 11.3 Å². The van der Waals surface area contributed by atoms with Gasteiger partial charge in [-0.1, -0.05) is 0 Å². The molecule has 9 heteroatoms. The Morgan fingerprint density at radius 1 is 1.40 bits per heavy atom. The summed E-state index contributed by atoms with van der Waals surface area (Å²) in [5.41, 5.74) is 0. The van der Waals surface area contributed by atoms with Crippen molar-refractivity contribution in [2.45, 2.75) is 37.9 Å². The normalized spacial score (nSPS) is 18.1. The van der Waals surface area contributed by atoms with E-state index in [1.165, 1.54) is 11.1 Å². The number of guanidine groups is 1. The number of nitrogens with zero attached hydrogens (tertiary/aromatic N) is 2. The van der Waals surface area contributed by atoms with Gasteiger partial charge in [0.1, 0.15) is 0 Å². The maximum atomic E-state index is 12.3. The SMILES string of the molecule is CCNC(=NCC1(S(C)(=O)=O)CCOCC1)NCCc1ncc(C)s1. The molecular formula is C16H28N4O3S2. The summed E-state index contributed by atoms with van der Waals surface area (Å²) in [4.78, 5) is 10.1. The zero-order valence-electron chi connectivity index (χ0n) is 15.2. The molecule has 142 valence electrons. The lowest BCUT2D eigenvalue weighted by atomic mass is 9.99. The molecular weight excluding hydrogens is 360 g/mol.